The standard InChI is InChI=1S/C14H10ClIN2O4/c1-22-13-5-2-8(6-12(13)18(20)21)14(19)17-11-4-3-9(16)7-10(11)15/h2-7H,1H3,(H,17,19). The second-order valence-electron chi connectivity index (χ2n) is 4.22. The lowest BCUT2D eigenvalue weighted by molar-refractivity contribution is -0.385. The van der Waals surface area contributed by atoms with Gasteiger partial charge in [-0.2, -0.15) is 0 Å². The number of halogens is 2. The Morgan fingerprint density at radius 2 is 2.05 bits per heavy atom. The average Bonchev–Trinajstić information content (AvgIpc) is 2.49. The Morgan fingerprint density at radius 1 is 1.32 bits per heavy atom. The highest BCUT2D eigenvalue weighted by Crippen LogP contribution is 2.29. The Balaban J connectivity index is 2.30. The first kappa shape index (κ1) is 16.5. The molecule has 0 bridgehead atoms. The van der Waals surface area contributed by atoms with E-state index in [1.165, 1.54) is 19.2 Å². The molecule has 0 radical (unpaired) electrons. The van der Waals surface area contributed by atoms with Crippen molar-refractivity contribution in [1.29, 1.82) is 0 Å². The highest BCUT2D eigenvalue weighted by molar-refractivity contribution is 14.1. The summed E-state index contributed by atoms with van der Waals surface area (Å²) >= 11 is 8.14. The van der Waals surface area contributed by atoms with Gasteiger partial charge in [0.25, 0.3) is 5.91 Å². The summed E-state index contributed by atoms with van der Waals surface area (Å²) in [5.74, 6) is -0.400. The number of ether oxygens (including phenoxy) is 1. The molecule has 0 heterocycles. The Morgan fingerprint density at radius 3 is 2.64 bits per heavy atom. The molecule has 0 atom stereocenters. The largest absolute Gasteiger partial charge is 0.490 e. The summed E-state index contributed by atoms with van der Waals surface area (Å²) in [7, 11) is 1.33. The maximum absolute atomic E-state index is 12.2. The van der Waals surface area contributed by atoms with Crippen LogP contribution in [0.4, 0.5) is 11.4 Å². The maximum atomic E-state index is 12.2. The smallest absolute Gasteiger partial charge is 0.311 e. The molecule has 0 aliphatic rings. The molecular weight excluding hydrogens is 423 g/mol. The molecule has 0 saturated carbocycles. The lowest BCUT2D eigenvalue weighted by Crippen LogP contribution is -2.12. The van der Waals surface area contributed by atoms with E-state index in [1.807, 2.05) is 0 Å². The number of nitro benzene ring substituents is 1. The molecule has 0 fully saturated rings. The van der Waals surface area contributed by atoms with Gasteiger partial charge in [0.2, 0.25) is 0 Å². The van der Waals surface area contributed by atoms with Crippen molar-refractivity contribution < 1.29 is 14.5 Å². The van der Waals surface area contributed by atoms with Crippen molar-refractivity contribution in [2.75, 3.05) is 12.4 Å². The van der Waals surface area contributed by atoms with Crippen molar-refractivity contribution in [2.45, 2.75) is 0 Å². The Labute approximate surface area is 144 Å². The molecule has 22 heavy (non-hydrogen) atoms. The predicted octanol–water partition coefficient (Wildman–Crippen LogP) is 4.11. The molecule has 8 heteroatoms. The molecule has 0 aromatic heterocycles. The van der Waals surface area contributed by atoms with E-state index >= 15 is 0 Å². The fourth-order valence-corrected chi connectivity index (χ4v) is 2.66. The number of methoxy groups -OCH3 is 1. The molecule has 1 amide bonds. The van der Waals surface area contributed by atoms with Gasteiger partial charge in [-0.3, -0.25) is 14.9 Å². The molecule has 0 unspecified atom stereocenters. The van der Waals surface area contributed by atoms with E-state index in [2.05, 4.69) is 27.9 Å². The summed E-state index contributed by atoms with van der Waals surface area (Å²) in [6, 6.07) is 9.14. The zero-order chi connectivity index (χ0) is 16.3. The van der Waals surface area contributed by atoms with E-state index in [-0.39, 0.29) is 17.0 Å². The van der Waals surface area contributed by atoms with Crippen LogP contribution in [0.3, 0.4) is 0 Å². The first-order valence-corrected chi connectivity index (χ1v) is 7.47. The van der Waals surface area contributed by atoms with Crippen LogP contribution in [0.25, 0.3) is 0 Å². The van der Waals surface area contributed by atoms with Gasteiger partial charge in [0.1, 0.15) is 0 Å². The van der Waals surface area contributed by atoms with Gasteiger partial charge in [-0.15, -0.1) is 0 Å². The van der Waals surface area contributed by atoms with Crippen molar-refractivity contribution in [2.24, 2.45) is 0 Å². The number of nitrogens with one attached hydrogen (secondary N) is 1. The number of benzene rings is 2. The summed E-state index contributed by atoms with van der Waals surface area (Å²) < 4.78 is 5.83. The van der Waals surface area contributed by atoms with E-state index in [0.29, 0.717) is 10.7 Å². The summed E-state index contributed by atoms with van der Waals surface area (Å²) in [5, 5.41) is 14.0. The van der Waals surface area contributed by atoms with E-state index in [0.717, 1.165) is 9.64 Å². The fourth-order valence-electron chi connectivity index (χ4n) is 1.76. The molecule has 114 valence electrons. The lowest BCUT2D eigenvalue weighted by Gasteiger charge is -2.08. The van der Waals surface area contributed by atoms with Crippen LogP contribution < -0.4 is 10.1 Å². The molecular formula is C14H10ClIN2O4. The number of hydrogen-bond acceptors (Lipinski definition) is 4. The number of carbonyl (C=O) groups excluding carboxylic acids is 1. The SMILES string of the molecule is COc1ccc(C(=O)Nc2ccc(I)cc2Cl)cc1[N+](=O)[O-]. The van der Waals surface area contributed by atoms with Crippen LogP contribution in [0.1, 0.15) is 10.4 Å². The Hall–Kier alpha value is -1.87. The number of anilines is 1. The zero-order valence-corrected chi connectivity index (χ0v) is 14.2. The van der Waals surface area contributed by atoms with Crippen LogP contribution in [-0.2, 0) is 0 Å². The van der Waals surface area contributed by atoms with Gasteiger partial charge in [-0.1, -0.05) is 11.6 Å². The van der Waals surface area contributed by atoms with E-state index in [9.17, 15) is 14.9 Å². The van der Waals surface area contributed by atoms with Gasteiger partial charge in [-0.05, 0) is 52.9 Å². The van der Waals surface area contributed by atoms with Crippen molar-refractivity contribution in [3.8, 4) is 5.75 Å². The quantitative estimate of drug-likeness (QED) is 0.448. The lowest BCUT2D eigenvalue weighted by atomic mass is 10.1. The first-order chi connectivity index (χ1) is 10.4. The Bertz CT molecular complexity index is 752. The number of nitrogens with zero attached hydrogens (tertiary/aromatic N) is 1. The van der Waals surface area contributed by atoms with Crippen LogP contribution in [-0.4, -0.2) is 17.9 Å². The maximum Gasteiger partial charge on any atom is 0.311 e. The third-order valence-electron chi connectivity index (χ3n) is 2.82. The number of amides is 1. The van der Waals surface area contributed by atoms with Gasteiger partial charge in [0.15, 0.2) is 5.75 Å². The molecule has 0 saturated heterocycles. The summed E-state index contributed by atoms with van der Waals surface area (Å²) in [4.78, 5) is 22.6. The van der Waals surface area contributed by atoms with Gasteiger partial charge in [-0.25, -0.2) is 0 Å². The first-order valence-electron chi connectivity index (χ1n) is 6.01. The molecule has 2 rings (SSSR count). The average molecular weight is 433 g/mol. The van der Waals surface area contributed by atoms with Crippen molar-refractivity contribution in [3.63, 3.8) is 0 Å². The number of carbonyl (C=O) groups is 1. The molecule has 0 aliphatic heterocycles. The molecule has 1 N–H and O–H groups in total. The molecule has 6 nitrogen and oxygen atoms in total. The normalized spacial score (nSPS) is 10.1. The van der Waals surface area contributed by atoms with Crippen LogP contribution in [0, 0.1) is 13.7 Å². The molecule has 2 aromatic carbocycles. The minimum Gasteiger partial charge on any atom is -0.490 e. The summed E-state index contributed by atoms with van der Waals surface area (Å²) in [5.41, 5.74) is 0.302. The number of rotatable bonds is 4. The monoisotopic (exact) mass is 432 g/mol. The number of nitro groups is 1. The van der Waals surface area contributed by atoms with E-state index in [4.69, 9.17) is 16.3 Å². The summed E-state index contributed by atoms with van der Waals surface area (Å²) in [6.45, 7) is 0. The number of hydrogen-bond donors (Lipinski definition) is 1. The van der Waals surface area contributed by atoms with Crippen LogP contribution in [0.15, 0.2) is 36.4 Å². The minimum atomic E-state index is -0.604. The van der Waals surface area contributed by atoms with E-state index in [1.54, 1.807) is 18.2 Å². The third-order valence-corrected chi connectivity index (χ3v) is 3.80. The molecule has 2 aromatic rings. The Kier molecular flexibility index (Phi) is 5.19. The van der Waals surface area contributed by atoms with Crippen molar-refractivity contribution >= 4 is 51.5 Å². The summed E-state index contributed by atoms with van der Waals surface area (Å²) in [6.07, 6.45) is 0. The minimum absolute atomic E-state index is 0.0915. The fraction of sp³-hybridized carbons (Fsp3) is 0.0714. The van der Waals surface area contributed by atoms with Crippen LogP contribution >= 0.6 is 34.2 Å². The zero-order valence-electron chi connectivity index (χ0n) is 11.3. The third kappa shape index (κ3) is 3.66. The van der Waals surface area contributed by atoms with Crippen molar-refractivity contribution in [3.05, 3.63) is 60.7 Å². The molecule has 0 spiro atoms. The van der Waals surface area contributed by atoms with Crippen LogP contribution in [0.5, 0.6) is 5.75 Å². The highest BCUT2D eigenvalue weighted by atomic mass is 127. The van der Waals surface area contributed by atoms with Gasteiger partial charge >= 0.3 is 5.69 Å². The second-order valence-corrected chi connectivity index (χ2v) is 5.87. The van der Waals surface area contributed by atoms with E-state index < -0.39 is 10.8 Å². The molecule has 0 aliphatic carbocycles. The van der Waals surface area contributed by atoms with Gasteiger partial charge in [0, 0.05) is 15.2 Å². The van der Waals surface area contributed by atoms with Crippen molar-refractivity contribution in [1.82, 2.24) is 0 Å². The van der Waals surface area contributed by atoms with Crippen LogP contribution in [0.2, 0.25) is 5.02 Å². The van der Waals surface area contributed by atoms with Gasteiger partial charge < -0.3 is 10.1 Å². The van der Waals surface area contributed by atoms with Gasteiger partial charge in [0.05, 0.1) is 22.7 Å². The second kappa shape index (κ2) is 6.93. The predicted molar refractivity (Wildman–Crippen MR) is 91.8 cm³/mol. The topological polar surface area (TPSA) is 81.5 Å². The highest BCUT2D eigenvalue weighted by Gasteiger charge is 2.18.